The third-order valence-corrected chi connectivity index (χ3v) is 10.6. The van der Waals surface area contributed by atoms with E-state index in [0.29, 0.717) is 24.7 Å². The largest absolute Gasteiger partial charge is 0.340 e. The van der Waals surface area contributed by atoms with Gasteiger partial charge in [-0.25, -0.2) is 18.7 Å². The number of likely N-dealkylation sites (tertiary alicyclic amines) is 2. The summed E-state index contributed by atoms with van der Waals surface area (Å²) in [7, 11) is 0. The SMILES string of the molecule is O=C(c1ccccc1F)N1CCC[C@@H]1c1ncc(-c2ccc3c(c2)Cc2cc(-c4cnc([C@H]5CCCN5C(=O)c5ccccc5F)[nH]4)ccc2-3)[nH]1. The Kier molecular flexibility index (Phi) is 7.60. The number of carbonyl (C=O) groups excluding carboxylic acids is 2. The molecular formula is C41H34F2N6O2. The smallest absolute Gasteiger partial charge is 0.257 e. The molecule has 2 fully saturated rings. The quantitative estimate of drug-likeness (QED) is 0.185. The molecule has 2 amide bonds. The summed E-state index contributed by atoms with van der Waals surface area (Å²) in [6.07, 6.45) is 7.57. The molecule has 3 aliphatic rings. The number of carbonyl (C=O) groups is 2. The van der Waals surface area contributed by atoms with Crippen molar-refractivity contribution in [1.82, 2.24) is 29.7 Å². The van der Waals surface area contributed by atoms with E-state index >= 15 is 0 Å². The molecular weight excluding hydrogens is 646 g/mol. The lowest BCUT2D eigenvalue weighted by Crippen LogP contribution is -2.31. The highest BCUT2D eigenvalue weighted by molar-refractivity contribution is 5.95. The summed E-state index contributed by atoms with van der Waals surface area (Å²) < 4.78 is 28.8. The van der Waals surface area contributed by atoms with Gasteiger partial charge in [-0.1, -0.05) is 48.5 Å². The van der Waals surface area contributed by atoms with E-state index in [1.54, 1.807) is 34.1 Å². The normalized spacial score (nSPS) is 17.9. The van der Waals surface area contributed by atoms with Gasteiger partial charge in [0.2, 0.25) is 0 Å². The number of aromatic nitrogens is 4. The Labute approximate surface area is 293 Å². The molecule has 4 heterocycles. The van der Waals surface area contributed by atoms with Gasteiger partial charge in [0.25, 0.3) is 11.8 Å². The van der Waals surface area contributed by atoms with Gasteiger partial charge in [-0.15, -0.1) is 0 Å². The maximum absolute atomic E-state index is 14.4. The van der Waals surface area contributed by atoms with E-state index < -0.39 is 11.6 Å². The van der Waals surface area contributed by atoms with Crippen LogP contribution in [0.3, 0.4) is 0 Å². The minimum atomic E-state index is -0.514. The zero-order chi connectivity index (χ0) is 34.6. The molecule has 0 unspecified atom stereocenters. The van der Waals surface area contributed by atoms with Crippen molar-refractivity contribution in [2.24, 2.45) is 0 Å². The predicted molar refractivity (Wildman–Crippen MR) is 189 cm³/mol. The number of nitrogens with zero attached hydrogens (tertiary/aromatic N) is 4. The molecule has 2 aliphatic heterocycles. The standard InChI is InChI=1S/C41H34F2N6O2/c42-32-9-3-1-7-30(32)40(50)48-17-5-11-36(48)38-44-22-34(46-38)24-13-15-28-26(19-24)21-27-20-25(14-16-29(27)28)35-23-45-39(47-35)37-12-6-18-49(37)41(51)31-8-2-4-10-33(31)43/h1-4,7-10,13-16,19-20,22-23,36-37H,5-6,11-12,17-18,21H2,(H,44,46)(H,45,47)/t36-,37-/m1/s1. The highest BCUT2D eigenvalue weighted by atomic mass is 19.1. The molecule has 8 nitrogen and oxygen atoms in total. The number of imidazole rings is 2. The number of benzene rings is 4. The van der Waals surface area contributed by atoms with E-state index in [9.17, 15) is 18.4 Å². The second-order valence-corrected chi connectivity index (χ2v) is 13.6. The first-order valence-corrected chi connectivity index (χ1v) is 17.4. The lowest BCUT2D eigenvalue weighted by Gasteiger charge is -2.23. The summed E-state index contributed by atoms with van der Waals surface area (Å²) in [5, 5.41) is 0. The van der Waals surface area contributed by atoms with Crippen LogP contribution in [0.4, 0.5) is 8.78 Å². The maximum Gasteiger partial charge on any atom is 0.257 e. The number of fused-ring (bicyclic) bond motifs is 3. The van der Waals surface area contributed by atoms with Gasteiger partial charge in [0.15, 0.2) is 0 Å². The molecule has 9 rings (SSSR count). The molecule has 254 valence electrons. The zero-order valence-electron chi connectivity index (χ0n) is 27.7. The minimum absolute atomic E-state index is 0.0825. The van der Waals surface area contributed by atoms with Crippen LogP contribution in [0.2, 0.25) is 0 Å². The van der Waals surface area contributed by atoms with Gasteiger partial charge in [-0.05, 0) is 102 Å². The van der Waals surface area contributed by atoms with Gasteiger partial charge in [0.1, 0.15) is 23.3 Å². The van der Waals surface area contributed by atoms with Crippen molar-refractivity contribution in [3.63, 3.8) is 0 Å². The molecule has 10 heteroatoms. The molecule has 2 aromatic heterocycles. The topological polar surface area (TPSA) is 98.0 Å². The van der Waals surface area contributed by atoms with Crippen LogP contribution in [0.5, 0.6) is 0 Å². The number of aromatic amines is 2. The first-order chi connectivity index (χ1) is 24.9. The van der Waals surface area contributed by atoms with E-state index in [0.717, 1.165) is 54.6 Å². The Morgan fingerprint density at radius 1 is 0.627 bits per heavy atom. The van der Waals surface area contributed by atoms with E-state index in [1.807, 2.05) is 12.4 Å². The van der Waals surface area contributed by atoms with Crippen molar-refractivity contribution in [1.29, 1.82) is 0 Å². The molecule has 0 spiro atoms. The van der Waals surface area contributed by atoms with Crippen molar-refractivity contribution < 1.29 is 18.4 Å². The Morgan fingerprint density at radius 3 is 1.53 bits per heavy atom. The lowest BCUT2D eigenvalue weighted by molar-refractivity contribution is 0.0718. The fourth-order valence-electron chi connectivity index (χ4n) is 8.02. The van der Waals surface area contributed by atoms with Gasteiger partial charge in [0, 0.05) is 13.1 Å². The number of nitrogens with one attached hydrogen (secondary N) is 2. The molecule has 51 heavy (non-hydrogen) atoms. The minimum Gasteiger partial charge on any atom is -0.340 e. The molecule has 0 saturated carbocycles. The molecule has 2 N–H and O–H groups in total. The number of hydrogen-bond donors (Lipinski definition) is 2. The Bertz CT molecular complexity index is 2170. The van der Waals surface area contributed by atoms with Crippen molar-refractivity contribution in [3.8, 4) is 33.6 Å². The van der Waals surface area contributed by atoms with Gasteiger partial charge >= 0.3 is 0 Å². The summed E-state index contributed by atoms with van der Waals surface area (Å²) in [6, 6.07) is 24.6. The van der Waals surface area contributed by atoms with Gasteiger partial charge < -0.3 is 19.8 Å². The first-order valence-electron chi connectivity index (χ1n) is 17.4. The summed E-state index contributed by atoms with van der Waals surface area (Å²) in [5.74, 6) is -0.246. The molecule has 0 bridgehead atoms. The van der Waals surface area contributed by atoms with E-state index in [4.69, 9.17) is 0 Å². The average Bonchev–Trinajstić information content (AvgIpc) is 3.99. The van der Waals surface area contributed by atoms with Gasteiger partial charge in [0.05, 0.1) is 47.0 Å². The third-order valence-electron chi connectivity index (χ3n) is 10.6. The predicted octanol–water partition coefficient (Wildman–Crippen LogP) is 8.27. The van der Waals surface area contributed by atoms with Crippen LogP contribution in [0.25, 0.3) is 33.6 Å². The Hall–Kier alpha value is -5.90. The van der Waals surface area contributed by atoms with Crippen LogP contribution in [-0.4, -0.2) is 54.6 Å². The van der Waals surface area contributed by atoms with Crippen LogP contribution in [0, 0.1) is 11.6 Å². The van der Waals surface area contributed by atoms with E-state index in [2.05, 4.69) is 56.3 Å². The molecule has 6 aromatic rings. The lowest BCUT2D eigenvalue weighted by atomic mass is 10.0. The molecule has 1 aliphatic carbocycles. The summed E-state index contributed by atoms with van der Waals surface area (Å²) >= 11 is 0. The average molecular weight is 681 g/mol. The van der Waals surface area contributed by atoms with Gasteiger partial charge in [-0.3, -0.25) is 9.59 Å². The molecule has 0 radical (unpaired) electrons. The third kappa shape index (κ3) is 5.42. The molecule has 4 aromatic carbocycles. The number of H-pyrrole nitrogens is 2. The Morgan fingerprint density at radius 2 is 1.08 bits per heavy atom. The second-order valence-electron chi connectivity index (χ2n) is 13.6. The van der Waals surface area contributed by atoms with Crippen LogP contribution >= 0.6 is 0 Å². The monoisotopic (exact) mass is 680 g/mol. The highest BCUT2D eigenvalue weighted by Crippen LogP contribution is 2.41. The number of halogens is 2. The molecule has 2 saturated heterocycles. The summed E-state index contributed by atoms with van der Waals surface area (Å²) in [5.41, 5.74) is 8.73. The van der Waals surface area contributed by atoms with Crippen LogP contribution in [-0.2, 0) is 6.42 Å². The van der Waals surface area contributed by atoms with Crippen LogP contribution < -0.4 is 0 Å². The van der Waals surface area contributed by atoms with Crippen molar-refractivity contribution in [2.45, 2.75) is 44.2 Å². The Balaban J connectivity index is 0.918. The zero-order valence-corrected chi connectivity index (χ0v) is 27.7. The van der Waals surface area contributed by atoms with Gasteiger partial charge in [-0.2, -0.15) is 0 Å². The van der Waals surface area contributed by atoms with E-state index in [1.165, 1.54) is 46.5 Å². The number of hydrogen-bond acceptors (Lipinski definition) is 4. The maximum atomic E-state index is 14.4. The fraction of sp³-hybridized carbons (Fsp3) is 0.220. The number of rotatable bonds is 6. The first kappa shape index (κ1) is 31.1. The van der Waals surface area contributed by atoms with Crippen LogP contribution in [0.15, 0.2) is 97.3 Å². The second kappa shape index (κ2) is 12.5. The highest BCUT2D eigenvalue weighted by Gasteiger charge is 2.35. The van der Waals surface area contributed by atoms with Crippen molar-refractivity contribution >= 4 is 11.8 Å². The summed E-state index contributed by atoms with van der Waals surface area (Å²) in [6.45, 7) is 1.11. The number of amides is 2. The summed E-state index contributed by atoms with van der Waals surface area (Å²) in [4.78, 5) is 46.2. The van der Waals surface area contributed by atoms with E-state index in [-0.39, 0.29) is 35.0 Å². The fourth-order valence-corrected chi connectivity index (χ4v) is 8.02. The van der Waals surface area contributed by atoms with Crippen LogP contribution in [0.1, 0.15) is 81.3 Å². The van der Waals surface area contributed by atoms with Crippen molar-refractivity contribution in [2.75, 3.05) is 13.1 Å². The van der Waals surface area contributed by atoms with Crippen molar-refractivity contribution in [3.05, 3.63) is 143 Å². The molecule has 2 atom stereocenters.